The average molecular weight is 487 g/mol. The van der Waals surface area contributed by atoms with Gasteiger partial charge in [-0.05, 0) is 52.7 Å². The molecule has 0 saturated heterocycles. The Balaban J connectivity index is 1.57. The molecule has 32 heavy (non-hydrogen) atoms. The van der Waals surface area contributed by atoms with Crippen LogP contribution < -0.4 is 5.32 Å². The quantitative estimate of drug-likeness (QED) is 0.358. The number of H-pyrrole nitrogens is 1. The summed E-state index contributed by atoms with van der Waals surface area (Å²) >= 11 is 3.46. The molecule has 0 unspecified atom stereocenters. The first-order chi connectivity index (χ1) is 15.5. The van der Waals surface area contributed by atoms with Crippen molar-refractivity contribution in [3.63, 3.8) is 0 Å². The lowest BCUT2D eigenvalue weighted by atomic mass is 9.99. The van der Waals surface area contributed by atoms with Crippen LogP contribution in [0.5, 0.6) is 0 Å². The number of para-hydroxylation sites is 1. The molecule has 0 bridgehead atoms. The summed E-state index contributed by atoms with van der Waals surface area (Å²) in [5.41, 5.74) is 6.32. The van der Waals surface area contributed by atoms with E-state index in [0.717, 1.165) is 26.5 Å². The normalized spacial score (nSPS) is 11.1. The van der Waals surface area contributed by atoms with Crippen molar-refractivity contribution in [3.8, 4) is 22.5 Å². The number of nitrogens with zero attached hydrogens (tertiary/aromatic N) is 4. The van der Waals surface area contributed by atoms with Crippen molar-refractivity contribution in [1.29, 1.82) is 0 Å². The smallest absolute Gasteiger partial charge is 0.272 e. The molecule has 2 heterocycles. The number of tetrazole rings is 1. The second kappa shape index (κ2) is 8.05. The Hall–Kier alpha value is -3.78. The van der Waals surface area contributed by atoms with Gasteiger partial charge in [-0.2, -0.15) is 0 Å². The monoisotopic (exact) mass is 486 g/mol. The van der Waals surface area contributed by atoms with Crippen LogP contribution >= 0.6 is 15.9 Å². The van der Waals surface area contributed by atoms with Crippen LogP contribution in [0.3, 0.4) is 0 Å². The zero-order valence-corrected chi connectivity index (χ0v) is 19.0. The van der Waals surface area contributed by atoms with Gasteiger partial charge >= 0.3 is 0 Å². The van der Waals surface area contributed by atoms with Crippen molar-refractivity contribution in [2.24, 2.45) is 7.05 Å². The number of rotatable bonds is 4. The Bertz CT molecular complexity index is 1460. The average Bonchev–Trinajstić information content (AvgIpc) is 3.44. The fourth-order valence-electron chi connectivity index (χ4n) is 4.01. The molecule has 0 spiro atoms. The zero-order valence-electron chi connectivity index (χ0n) is 17.4. The predicted molar refractivity (Wildman–Crippen MR) is 128 cm³/mol. The lowest BCUT2D eigenvalue weighted by molar-refractivity contribution is 0.102. The number of hydrogen-bond donors (Lipinski definition) is 2. The maximum Gasteiger partial charge on any atom is 0.272 e. The highest BCUT2D eigenvalue weighted by Crippen LogP contribution is 2.33. The summed E-state index contributed by atoms with van der Waals surface area (Å²) in [6, 6.07) is 21.9. The number of carbonyl (C=O) groups is 1. The summed E-state index contributed by atoms with van der Waals surface area (Å²) < 4.78 is 2.80. The molecular formula is C24H19BrN6O. The molecule has 158 valence electrons. The van der Waals surface area contributed by atoms with Crippen LogP contribution in [-0.4, -0.2) is 31.1 Å². The predicted octanol–water partition coefficient (Wildman–Crippen LogP) is 5.35. The molecule has 7 nitrogen and oxygen atoms in total. The summed E-state index contributed by atoms with van der Waals surface area (Å²) in [5.74, 6) is 0.260. The van der Waals surface area contributed by atoms with Crippen LogP contribution in [0.4, 0.5) is 5.69 Å². The van der Waals surface area contributed by atoms with E-state index in [9.17, 15) is 4.79 Å². The van der Waals surface area contributed by atoms with Gasteiger partial charge in [-0.15, -0.1) is 5.10 Å². The minimum atomic E-state index is -0.213. The number of hydrogen-bond acceptors (Lipinski definition) is 4. The molecule has 2 N–H and O–H groups in total. The highest BCUT2D eigenvalue weighted by atomic mass is 79.9. The Morgan fingerprint density at radius 3 is 2.59 bits per heavy atom. The van der Waals surface area contributed by atoms with Crippen molar-refractivity contribution in [2.75, 3.05) is 5.32 Å². The third-order valence-corrected chi connectivity index (χ3v) is 6.05. The summed E-state index contributed by atoms with van der Waals surface area (Å²) in [6.45, 7) is 2.10. The lowest BCUT2D eigenvalue weighted by Crippen LogP contribution is -2.16. The second-order valence-electron chi connectivity index (χ2n) is 7.54. The van der Waals surface area contributed by atoms with Gasteiger partial charge in [-0.25, -0.2) is 5.10 Å². The summed E-state index contributed by atoms with van der Waals surface area (Å²) in [6.07, 6.45) is 0. The summed E-state index contributed by atoms with van der Waals surface area (Å²) in [7, 11) is 1.92. The summed E-state index contributed by atoms with van der Waals surface area (Å²) in [4.78, 5) is 13.3. The largest absolute Gasteiger partial charge is 0.339 e. The Labute approximate surface area is 192 Å². The number of halogens is 1. The van der Waals surface area contributed by atoms with Crippen molar-refractivity contribution in [2.45, 2.75) is 6.92 Å². The molecule has 0 saturated carbocycles. The number of fused-ring (bicyclic) bond motifs is 1. The Morgan fingerprint density at radius 2 is 1.81 bits per heavy atom. The van der Waals surface area contributed by atoms with E-state index in [0.29, 0.717) is 22.8 Å². The topological polar surface area (TPSA) is 88.5 Å². The lowest BCUT2D eigenvalue weighted by Gasteiger charge is -2.12. The van der Waals surface area contributed by atoms with Crippen LogP contribution in [0, 0.1) is 6.92 Å². The Kier molecular flexibility index (Phi) is 5.07. The molecule has 0 aliphatic heterocycles. The number of aromatic nitrogens is 5. The highest BCUT2D eigenvalue weighted by molar-refractivity contribution is 9.10. The van der Waals surface area contributed by atoms with Gasteiger partial charge < -0.3 is 9.88 Å². The molecule has 5 aromatic rings. The third-order valence-electron chi connectivity index (χ3n) is 5.55. The van der Waals surface area contributed by atoms with E-state index in [4.69, 9.17) is 0 Å². The second-order valence-corrected chi connectivity index (χ2v) is 8.46. The fourth-order valence-corrected chi connectivity index (χ4v) is 4.37. The molecule has 0 radical (unpaired) electrons. The van der Waals surface area contributed by atoms with E-state index in [1.807, 2.05) is 60.1 Å². The van der Waals surface area contributed by atoms with Crippen molar-refractivity contribution in [1.82, 2.24) is 25.2 Å². The van der Waals surface area contributed by atoms with Gasteiger partial charge in [0.15, 0.2) is 5.82 Å². The van der Waals surface area contributed by atoms with Crippen LogP contribution in [0.2, 0.25) is 0 Å². The minimum absolute atomic E-state index is 0.213. The number of anilines is 1. The number of aryl methyl sites for hydroxylation is 2. The van der Waals surface area contributed by atoms with Gasteiger partial charge in [0.25, 0.3) is 5.91 Å². The maximum atomic E-state index is 13.3. The van der Waals surface area contributed by atoms with Gasteiger partial charge in [-0.1, -0.05) is 58.4 Å². The number of aromatic amines is 1. The van der Waals surface area contributed by atoms with Crippen LogP contribution in [0.15, 0.2) is 71.2 Å². The number of nitrogens with one attached hydrogen (secondary N) is 2. The molecule has 5 rings (SSSR count). The molecule has 0 atom stereocenters. The standard InChI is InChI=1S/C24H19BrN6O/c1-14-6-3-4-8-17(14)18-9-5-7-15-12-21(31(2)22(15)18)24(32)26-20-11-10-16(25)13-19(20)23-27-29-30-28-23/h3-13H,1-2H3,(H,26,32)(H,27,28,29,30). The number of benzene rings is 3. The molecule has 1 amide bonds. The van der Waals surface area contributed by atoms with Crippen LogP contribution in [0.1, 0.15) is 16.1 Å². The van der Waals surface area contributed by atoms with Crippen molar-refractivity contribution in [3.05, 3.63) is 82.5 Å². The SMILES string of the molecule is Cc1ccccc1-c1cccc2cc(C(=O)Nc3ccc(Br)cc3-c3nnn[nH]3)n(C)c12. The summed E-state index contributed by atoms with van der Waals surface area (Å²) in [5, 5.41) is 18.0. The molecule has 2 aromatic heterocycles. The maximum absolute atomic E-state index is 13.3. The zero-order chi connectivity index (χ0) is 22.2. The molecule has 8 heteroatoms. The van der Waals surface area contributed by atoms with E-state index in [-0.39, 0.29) is 5.91 Å². The van der Waals surface area contributed by atoms with Crippen LogP contribution in [-0.2, 0) is 7.05 Å². The van der Waals surface area contributed by atoms with Gasteiger partial charge in [0.2, 0.25) is 0 Å². The molecule has 0 aliphatic carbocycles. The first kappa shape index (κ1) is 20.1. The fraction of sp³-hybridized carbons (Fsp3) is 0.0833. The van der Waals surface area contributed by atoms with E-state index >= 15 is 0 Å². The number of amides is 1. The molecule has 3 aromatic carbocycles. The van der Waals surface area contributed by atoms with E-state index in [2.05, 4.69) is 67.0 Å². The molecule has 0 aliphatic rings. The van der Waals surface area contributed by atoms with E-state index in [1.54, 1.807) is 0 Å². The number of carbonyl (C=O) groups excluding carboxylic acids is 1. The first-order valence-corrected chi connectivity index (χ1v) is 10.8. The van der Waals surface area contributed by atoms with E-state index < -0.39 is 0 Å². The van der Waals surface area contributed by atoms with Crippen molar-refractivity contribution < 1.29 is 4.79 Å². The van der Waals surface area contributed by atoms with Gasteiger partial charge in [0.1, 0.15) is 5.69 Å². The van der Waals surface area contributed by atoms with Gasteiger partial charge in [0.05, 0.1) is 11.2 Å². The Morgan fingerprint density at radius 1 is 1.00 bits per heavy atom. The minimum Gasteiger partial charge on any atom is -0.339 e. The van der Waals surface area contributed by atoms with Crippen LogP contribution in [0.25, 0.3) is 33.4 Å². The molecular weight excluding hydrogens is 468 g/mol. The third kappa shape index (κ3) is 3.48. The molecule has 0 fully saturated rings. The van der Waals surface area contributed by atoms with Gasteiger partial charge in [-0.3, -0.25) is 4.79 Å². The highest BCUT2D eigenvalue weighted by Gasteiger charge is 2.19. The van der Waals surface area contributed by atoms with E-state index in [1.165, 1.54) is 5.56 Å². The van der Waals surface area contributed by atoms with Crippen molar-refractivity contribution >= 4 is 38.4 Å². The van der Waals surface area contributed by atoms with Gasteiger partial charge in [0, 0.05) is 28.0 Å². The first-order valence-electron chi connectivity index (χ1n) is 10.0.